The number of ether oxygens (including phenoxy) is 1. The van der Waals surface area contributed by atoms with Crippen molar-refractivity contribution in [3.05, 3.63) is 22.8 Å². The number of esters is 1. The van der Waals surface area contributed by atoms with Gasteiger partial charge in [-0.15, -0.1) is 12.4 Å². The Bertz CT molecular complexity index is 511. The number of halogens is 2. The van der Waals surface area contributed by atoms with Crippen LogP contribution in [-0.2, 0) is 9.53 Å². The molecule has 1 saturated heterocycles. The van der Waals surface area contributed by atoms with E-state index in [0.29, 0.717) is 18.9 Å². The largest absolute Gasteiger partial charge is 0.462 e. The lowest BCUT2D eigenvalue weighted by molar-refractivity contribution is -0.118. The third-order valence-electron chi connectivity index (χ3n) is 2.68. The van der Waals surface area contributed by atoms with Gasteiger partial charge in [-0.05, 0) is 13.0 Å². The first-order chi connectivity index (χ1) is 9.13. The van der Waals surface area contributed by atoms with Crippen LogP contribution in [0.4, 0.5) is 5.82 Å². The van der Waals surface area contributed by atoms with Crippen molar-refractivity contribution >= 4 is 41.7 Å². The molecule has 0 spiro atoms. The molecule has 8 heteroatoms. The van der Waals surface area contributed by atoms with Crippen LogP contribution in [0, 0.1) is 0 Å². The zero-order valence-electron chi connectivity index (χ0n) is 10.9. The van der Waals surface area contributed by atoms with Crippen molar-refractivity contribution < 1.29 is 14.3 Å². The zero-order valence-corrected chi connectivity index (χ0v) is 12.5. The van der Waals surface area contributed by atoms with Crippen molar-refractivity contribution in [2.75, 3.05) is 31.1 Å². The van der Waals surface area contributed by atoms with E-state index in [9.17, 15) is 9.59 Å². The topological polar surface area (TPSA) is 71.5 Å². The second kappa shape index (κ2) is 7.42. The fraction of sp³-hybridized carbons (Fsp3) is 0.417. The molecule has 0 aromatic carbocycles. The van der Waals surface area contributed by atoms with Crippen molar-refractivity contribution in [1.82, 2.24) is 10.3 Å². The van der Waals surface area contributed by atoms with Crippen LogP contribution in [0.5, 0.6) is 0 Å². The van der Waals surface area contributed by atoms with Crippen LogP contribution in [0.3, 0.4) is 0 Å². The highest BCUT2D eigenvalue weighted by Crippen LogP contribution is 2.25. The lowest BCUT2D eigenvalue weighted by Gasteiger charge is -2.27. The maximum absolute atomic E-state index is 11.7. The van der Waals surface area contributed by atoms with Crippen molar-refractivity contribution in [2.24, 2.45) is 0 Å². The Morgan fingerprint density at radius 1 is 1.60 bits per heavy atom. The first-order valence-corrected chi connectivity index (χ1v) is 6.35. The van der Waals surface area contributed by atoms with Crippen LogP contribution in [0.1, 0.15) is 17.3 Å². The second-order valence-electron chi connectivity index (χ2n) is 3.97. The maximum atomic E-state index is 11.7. The van der Waals surface area contributed by atoms with Gasteiger partial charge in [0.2, 0.25) is 5.91 Å². The minimum Gasteiger partial charge on any atom is -0.462 e. The Morgan fingerprint density at radius 2 is 2.35 bits per heavy atom. The fourth-order valence-corrected chi connectivity index (χ4v) is 2.05. The number of piperazine rings is 1. The van der Waals surface area contributed by atoms with E-state index in [-0.39, 0.29) is 42.1 Å². The Kier molecular flexibility index (Phi) is 6.19. The Hall–Kier alpha value is -1.37. The van der Waals surface area contributed by atoms with Gasteiger partial charge in [0.05, 0.1) is 23.7 Å². The molecule has 0 saturated carbocycles. The molecule has 110 valence electrons. The number of carbonyl (C=O) groups excluding carboxylic acids is 2. The monoisotopic (exact) mass is 319 g/mol. The standard InChI is InChI=1S/C12H14ClN3O3.ClH/c1-2-19-12(18)8-5-9(13)11(15-6-8)16-4-3-14-7-10(16)17;/h5-6,14H,2-4,7H2,1H3;1H. The third-order valence-corrected chi connectivity index (χ3v) is 2.96. The molecular weight excluding hydrogens is 305 g/mol. The molecule has 1 N–H and O–H groups in total. The van der Waals surface area contributed by atoms with E-state index in [1.54, 1.807) is 6.92 Å². The number of carbonyl (C=O) groups is 2. The van der Waals surface area contributed by atoms with Gasteiger partial charge in [0.25, 0.3) is 0 Å². The normalized spacial score (nSPS) is 14.7. The summed E-state index contributed by atoms with van der Waals surface area (Å²) < 4.78 is 4.86. The summed E-state index contributed by atoms with van der Waals surface area (Å²) in [6.07, 6.45) is 1.37. The van der Waals surface area contributed by atoms with E-state index in [1.165, 1.54) is 17.2 Å². The van der Waals surface area contributed by atoms with Crippen molar-refractivity contribution in [2.45, 2.75) is 6.92 Å². The molecule has 1 aliphatic heterocycles. The highest BCUT2D eigenvalue weighted by atomic mass is 35.5. The van der Waals surface area contributed by atoms with Gasteiger partial charge in [-0.2, -0.15) is 0 Å². The summed E-state index contributed by atoms with van der Waals surface area (Å²) in [7, 11) is 0. The Labute approximate surface area is 127 Å². The average Bonchev–Trinajstić information content (AvgIpc) is 2.40. The van der Waals surface area contributed by atoms with Gasteiger partial charge >= 0.3 is 5.97 Å². The van der Waals surface area contributed by atoms with Crippen LogP contribution < -0.4 is 10.2 Å². The summed E-state index contributed by atoms with van der Waals surface area (Å²) in [6.45, 7) is 3.46. The second-order valence-corrected chi connectivity index (χ2v) is 4.38. The molecule has 20 heavy (non-hydrogen) atoms. The predicted octanol–water partition coefficient (Wildman–Crippen LogP) is 1.27. The molecule has 0 aliphatic carbocycles. The molecule has 2 rings (SSSR count). The number of aromatic nitrogens is 1. The molecule has 1 aromatic heterocycles. The lowest BCUT2D eigenvalue weighted by Crippen LogP contribution is -2.48. The molecule has 1 fully saturated rings. The number of rotatable bonds is 3. The number of nitrogens with one attached hydrogen (secondary N) is 1. The SMILES string of the molecule is CCOC(=O)c1cnc(N2CCNCC2=O)c(Cl)c1.Cl. The van der Waals surface area contributed by atoms with E-state index in [4.69, 9.17) is 16.3 Å². The fourth-order valence-electron chi connectivity index (χ4n) is 1.79. The summed E-state index contributed by atoms with van der Waals surface area (Å²) >= 11 is 6.09. The quantitative estimate of drug-likeness (QED) is 0.849. The van der Waals surface area contributed by atoms with E-state index in [2.05, 4.69) is 10.3 Å². The van der Waals surface area contributed by atoms with E-state index < -0.39 is 5.97 Å². The summed E-state index contributed by atoms with van der Waals surface area (Å²) in [4.78, 5) is 28.9. The molecule has 0 bridgehead atoms. The number of nitrogens with zero attached hydrogens (tertiary/aromatic N) is 2. The minimum atomic E-state index is -0.477. The van der Waals surface area contributed by atoms with Gasteiger partial charge in [-0.25, -0.2) is 9.78 Å². The molecule has 1 aromatic rings. The maximum Gasteiger partial charge on any atom is 0.339 e. The summed E-state index contributed by atoms with van der Waals surface area (Å²) in [5.41, 5.74) is 0.276. The average molecular weight is 320 g/mol. The van der Waals surface area contributed by atoms with Crippen LogP contribution in [0.2, 0.25) is 5.02 Å². The zero-order chi connectivity index (χ0) is 13.8. The Balaban J connectivity index is 0.00000200. The van der Waals surface area contributed by atoms with E-state index >= 15 is 0 Å². The van der Waals surface area contributed by atoms with Gasteiger partial charge in [-0.3, -0.25) is 9.69 Å². The van der Waals surface area contributed by atoms with E-state index in [1.807, 2.05) is 0 Å². The molecule has 6 nitrogen and oxygen atoms in total. The van der Waals surface area contributed by atoms with Gasteiger partial charge in [0, 0.05) is 19.3 Å². The molecule has 1 amide bonds. The van der Waals surface area contributed by atoms with Gasteiger partial charge in [0.15, 0.2) is 5.82 Å². The van der Waals surface area contributed by atoms with E-state index in [0.717, 1.165) is 0 Å². The first kappa shape index (κ1) is 16.7. The molecule has 0 radical (unpaired) electrons. The molecular formula is C12H15Cl2N3O3. The van der Waals surface area contributed by atoms with Crippen molar-refractivity contribution in [3.63, 3.8) is 0 Å². The predicted molar refractivity (Wildman–Crippen MR) is 77.7 cm³/mol. The lowest BCUT2D eigenvalue weighted by atomic mass is 10.2. The number of hydrogen-bond acceptors (Lipinski definition) is 5. The highest BCUT2D eigenvalue weighted by molar-refractivity contribution is 6.33. The van der Waals surface area contributed by atoms with Crippen LogP contribution in [-0.4, -0.2) is 43.1 Å². The smallest absolute Gasteiger partial charge is 0.339 e. The molecule has 0 unspecified atom stereocenters. The summed E-state index contributed by atoms with van der Waals surface area (Å²) in [5.74, 6) is -0.194. The highest BCUT2D eigenvalue weighted by Gasteiger charge is 2.23. The number of pyridine rings is 1. The molecule has 0 atom stereocenters. The summed E-state index contributed by atoms with van der Waals surface area (Å²) in [5, 5.41) is 3.23. The summed E-state index contributed by atoms with van der Waals surface area (Å²) in [6, 6.07) is 1.47. The van der Waals surface area contributed by atoms with Gasteiger partial charge in [-0.1, -0.05) is 11.6 Å². The van der Waals surface area contributed by atoms with Gasteiger partial charge < -0.3 is 10.1 Å². The minimum absolute atomic E-state index is 0. The van der Waals surface area contributed by atoms with Crippen molar-refractivity contribution in [3.8, 4) is 0 Å². The van der Waals surface area contributed by atoms with Crippen LogP contribution >= 0.6 is 24.0 Å². The first-order valence-electron chi connectivity index (χ1n) is 5.97. The number of hydrogen-bond donors (Lipinski definition) is 1. The van der Waals surface area contributed by atoms with Crippen molar-refractivity contribution in [1.29, 1.82) is 0 Å². The van der Waals surface area contributed by atoms with Crippen LogP contribution in [0.15, 0.2) is 12.3 Å². The molecule has 1 aliphatic rings. The Morgan fingerprint density at radius 3 is 2.95 bits per heavy atom. The van der Waals surface area contributed by atoms with Gasteiger partial charge in [0.1, 0.15) is 0 Å². The van der Waals surface area contributed by atoms with Crippen LogP contribution in [0.25, 0.3) is 0 Å². The molecule has 2 heterocycles. The number of anilines is 1. The third kappa shape index (κ3) is 3.59. The number of amides is 1.